The summed E-state index contributed by atoms with van der Waals surface area (Å²) in [5, 5.41) is 19.6. The van der Waals surface area contributed by atoms with Crippen LogP contribution in [0.4, 0.5) is 4.39 Å². The summed E-state index contributed by atoms with van der Waals surface area (Å²) in [6.07, 6.45) is -2.64. The third kappa shape index (κ3) is 3.95. The lowest BCUT2D eigenvalue weighted by Gasteiger charge is -2.18. The van der Waals surface area contributed by atoms with Crippen molar-refractivity contribution >= 4 is 28.5 Å². The van der Waals surface area contributed by atoms with Gasteiger partial charge in [0.25, 0.3) is 0 Å². The zero-order chi connectivity index (χ0) is 13.9. The van der Waals surface area contributed by atoms with Gasteiger partial charge in [-0.15, -0.1) is 0 Å². The topological polar surface area (TPSA) is 57.5 Å². The lowest BCUT2D eigenvalue weighted by atomic mass is 10.0. The summed E-state index contributed by atoms with van der Waals surface area (Å²) in [5.41, 5.74) is 0.486. The van der Waals surface area contributed by atoms with Gasteiger partial charge in [-0.1, -0.05) is 23.4 Å². The van der Waals surface area contributed by atoms with Crippen LogP contribution in [0.15, 0.2) is 12.1 Å². The van der Waals surface area contributed by atoms with Gasteiger partial charge in [-0.05, 0) is 24.6 Å². The van der Waals surface area contributed by atoms with E-state index in [0.29, 0.717) is 10.6 Å². The van der Waals surface area contributed by atoms with E-state index in [1.54, 1.807) is 6.92 Å². The molecule has 0 fully saturated rings. The average molecular weight is 293 g/mol. The molecule has 0 radical (unpaired) electrons. The maximum Gasteiger partial charge on any atom is 0.185 e. The number of halogens is 2. The Balaban J connectivity index is 2.86. The summed E-state index contributed by atoms with van der Waals surface area (Å²) in [7, 11) is 0. The maximum atomic E-state index is 13.6. The molecule has 0 spiro atoms. The van der Waals surface area contributed by atoms with Crippen molar-refractivity contribution in [2.45, 2.75) is 26.1 Å². The van der Waals surface area contributed by atoms with E-state index in [2.05, 4.69) is 0 Å². The third-order valence-corrected chi connectivity index (χ3v) is 3.74. The van der Waals surface area contributed by atoms with Crippen LogP contribution < -0.4 is 0 Å². The van der Waals surface area contributed by atoms with Gasteiger partial charge in [-0.25, -0.2) is 4.39 Å². The number of carbonyl (C=O) groups is 1. The van der Waals surface area contributed by atoms with E-state index in [1.807, 2.05) is 0 Å². The molecule has 1 aromatic rings. The molecule has 2 N–H and O–H groups in total. The summed E-state index contributed by atoms with van der Waals surface area (Å²) < 4.78 is 13.6. The van der Waals surface area contributed by atoms with Crippen LogP contribution in [-0.2, 0) is 4.79 Å². The Kier molecular flexibility index (Phi) is 5.59. The predicted molar refractivity (Wildman–Crippen MR) is 70.3 cm³/mol. The number of hydrogen-bond acceptors (Lipinski definition) is 4. The van der Waals surface area contributed by atoms with Gasteiger partial charge in [-0.3, -0.25) is 4.79 Å². The van der Waals surface area contributed by atoms with Gasteiger partial charge in [0, 0.05) is 23.3 Å². The fraction of sp³-hybridized carbons (Fsp3) is 0.417. The van der Waals surface area contributed by atoms with E-state index in [9.17, 15) is 19.4 Å². The van der Waals surface area contributed by atoms with Crippen LogP contribution >= 0.6 is 23.4 Å². The number of rotatable bonds is 4. The molecule has 100 valence electrons. The van der Waals surface area contributed by atoms with Crippen molar-refractivity contribution in [1.82, 2.24) is 0 Å². The summed E-state index contributed by atoms with van der Waals surface area (Å²) in [6.45, 7) is 3.00. The van der Waals surface area contributed by atoms with Gasteiger partial charge >= 0.3 is 0 Å². The largest absolute Gasteiger partial charge is 0.389 e. The van der Waals surface area contributed by atoms with E-state index in [4.69, 9.17) is 11.6 Å². The molecule has 2 atom stereocenters. The second-order valence-electron chi connectivity index (χ2n) is 3.94. The van der Waals surface area contributed by atoms with Crippen LogP contribution in [0.1, 0.15) is 24.2 Å². The molecule has 0 saturated heterocycles. The summed E-state index contributed by atoms with van der Waals surface area (Å²) >= 11 is 6.71. The van der Waals surface area contributed by atoms with Crippen molar-refractivity contribution in [2.24, 2.45) is 0 Å². The van der Waals surface area contributed by atoms with Crippen molar-refractivity contribution in [3.63, 3.8) is 0 Å². The molecule has 0 heterocycles. The molecule has 6 heteroatoms. The van der Waals surface area contributed by atoms with Crippen molar-refractivity contribution in [2.75, 3.05) is 5.75 Å². The fourth-order valence-electron chi connectivity index (χ4n) is 1.39. The first-order chi connectivity index (χ1) is 8.32. The zero-order valence-electron chi connectivity index (χ0n) is 9.98. The number of hydrogen-bond donors (Lipinski definition) is 2. The standard InChI is InChI=1S/C12H14ClFO3S/c1-6-3-10(14)8(4-9(6)13)12(17)11(16)5-18-7(2)15/h3-4,11-12,16-17H,5H2,1-2H3. The number of aryl methyl sites for hydroxylation is 1. The maximum absolute atomic E-state index is 13.6. The van der Waals surface area contributed by atoms with Gasteiger partial charge in [0.05, 0.1) is 6.10 Å². The molecule has 0 aliphatic rings. The minimum absolute atomic E-state index is 0.00142. The Morgan fingerprint density at radius 2 is 2.11 bits per heavy atom. The molecule has 0 aromatic heterocycles. The molecule has 0 aliphatic carbocycles. The minimum atomic E-state index is -1.41. The molecular weight excluding hydrogens is 279 g/mol. The monoisotopic (exact) mass is 292 g/mol. The Labute approximate surface area is 114 Å². The van der Waals surface area contributed by atoms with Gasteiger partial charge in [0.1, 0.15) is 11.9 Å². The molecule has 1 rings (SSSR count). The lowest BCUT2D eigenvalue weighted by Crippen LogP contribution is -2.22. The van der Waals surface area contributed by atoms with E-state index < -0.39 is 18.0 Å². The molecule has 2 unspecified atom stereocenters. The highest BCUT2D eigenvalue weighted by Crippen LogP contribution is 2.27. The first-order valence-electron chi connectivity index (χ1n) is 5.28. The molecule has 0 aliphatic heterocycles. The van der Waals surface area contributed by atoms with Gasteiger partial charge in [-0.2, -0.15) is 0 Å². The number of aliphatic hydroxyl groups is 2. The quantitative estimate of drug-likeness (QED) is 0.895. The van der Waals surface area contributed by atoms with E-state index in [-0.39, 0.29) is 16.4 Å². The highest BCUT2D eigenvalue weighted by molar-refractivity contribution is 8.13. The van der Waals surface area contributed by atoms with Crippen LogP contribution in [0.25, 0.3) is 0 Å². The fourth-order valence-corrected chi connectivity index (χ4v) is 2.15. The van der Waals surface area contributed by atoms with Gasteiger partial charge in [0.15, 0.2) is 5.12 Å². The number of benzene rings is 1. The van der Waals surface area contributed by atoms with Crippen LogP contribution in [0.3, 0.4) is 0 Å². The highest BCUT2D eigenvalue weighted by atomic mass is 35.5. The Hall–Kier alpha value is -0.620. The summed E-state index contributed by atoms with van der Waals surface area (Å²) in [5.74, 6) is -0.627. The van der Waals surface area contributed by atoms with Crippen LogP contribution in [0.5, 0.6) is 0 Å². The molecule has 18 heavy (non-hydrogen) atoms. The van der Waals surface area contributed by atoms with Crippen molar-refractivity contribution < 1.29 is 19.4 Å². The zero-order valence-corrected chi connectivity index (χ0v) is 11.6. The van der Waals surface area contributed by atoms with Crippen molar-refractivity contribution in [3.8, 4) is 0 Å². The summed E-state index contributed by atoms with van der Waals surface area (Å²) in [4.78, 5) is 10.7. The Morgan fingerprint density at radius 1 is 1.50 bits per heavy atom. The van der Waals surface area contributed by atoms with Gasteiger partial charge < -0.3 is 10.2 Å². The van der Waals surface area contributed by atoms with Crippen LogP contribution in [0, 0.1) is 12.7 Å². The number of thioether (sulfide) groups is 1. The minimum Gasteiger partial charge on any atom is -0.389 e. The van der Waals surface area contributed by atoms with Crippen LogP contribution in [-0.4, -0.2) is 27.2 Å². The van der Waals surface area contributed by atoms with E-state index in [0.717, 1.165) is 11.8 Å². The van der Waals surface area contributed by atoms with E-state index >= 15 is 0 Å². The molecule has 1 aromatic carbocycles. The first kappa shape index (κ1) is 15.4. The Bertz CT molecular complexity index is 453. The van der Waals surface area contributed by atoms with Crippen molar-refractivity contribution in [3.05, 3.63) is 34.1 Å². The van der Waals surface area contributed by atoms with E-state index in [1.165, 1.54) is 19.1 Å². The predicted octanol–water partition coefficient (Wildman–Crippen LogP) is 2.46. The lowest BCUT2D eigenvalue weighted by molar-refractivity contribution is -0.109. The SMILES string of the molecule is CC(=O)SCC(O)C(O)c1cc(Cl)c(C)cc1F. The second kappa shape index (κ2) is 6.52. The first-order valence-corrected chi connectivity index (χ1v) is 6.64. The third-order valence-electron chi connectivity index (χ3n) is 2.42. The molecular formula is C12H14ClFO3S. The molecule has 3 nitrogen and oxygen atoms in total. The van der Waals surface area contributed by atoms with Crippen molar-refractivity contribution in [1.29, 1.82) is 0 Å². The highest BCUT2D eigenvalue weighted by Gasteiger charge is 2.23. The number of aliphatic hydroxyl groups excluding tert-OH is 2. The van der Waals surface area contributed by atoms with Crippen LogP contribution in [0.2, 0.25) is 5.02 Å². The number of carbonyl (C=O) groups excluding carboxylic acids is 1. The summed E-state index contributed by atoms with van der Waals surface area (Å²) in [6, 6.07) is 2.49. The molecule has 0 amide bonds. The molecule has 0 bridgehead atoms. The molecule has 0 saturated carbocycles. The average Bonchev–Trinajstić information content (AvgIpc) is 2.29. The van der Waals surface area contributed by atoms with Gasteiger partial charge in [0.2, 0.25) is 0 Å². The second-order valence-corrected chi connectivity index (χ2v) is 5.54. The Morgan fingerprint density at radius 3 is 2.67 bits per heavy atom. The smallest absolute Gasteiger partial charge is 0.185 e. The normalized spacial score (nSPS) is 14.3.